The number of furan rings is 1. The van der Waals surface area contributed by atoms with Crippen molar-refractivity contribution in [1.82, 2.24) is 9.88 Å². The third kappa shape index (κ3) is 3.46. The molecule has 0 atom stereocenters. The summed E-state index contributed by atoms with van der Waals surface area (Å²) in [6.07, 6.45) is 5.74. The zero-order chi connectivity index (χ0) is 18.1. The van der Waals surface area contributed by atoms with Crippen LogP contribution in [0.2, 0.25) is 0 Å². The predicted molar refractivity (Wildman–Crippen MR) is 105 cm³/mol. The van der Waals surface area contributed by atoms with E-state index < -0.39 is 0 Å². The second kappa shape index (κ2) is 7.33. The summed E-state index contributed by atoms with van der Waals surface area (Å²) in [6.45, 7) is 5.02. The van der Waals surface area contributed by atoms with Crippen LogP contribution in [0.1, 0.15) is 46.6 Å². The Kier molecular flexibility index (Phi) is 4.92. The molecule has 1 saturated heterocycles. The van der Waals surface area contributed by atoms with E-state index in [1.165, 1.54) is 19.3 Å². The van der Waals surface area contributed by atoms with Crippen LogP contribution in [-0.2, 0) is 6.54 Å². The van der Waals surface area contributed by atoms with Gasteiger partial charge >= 0.3 is 0 Å². The zero-order valence-electron chi connectivity index (χ0n) is 14.8. The number of aromatic nitrogens is 1. The van der Waals surface area contributed by atoms with Crippen LogP contribution in [-0.4, -0.2) is 28.8 Å². The lowest BCUT2D eigenvalue weighted by Gasteiger charge is -2.26. The maximum absolute atomic E-state index is 12.8. The number of likely N-dealkylation sites (tertiary alicyclic amines) is 1. The molecule has 1 aliphatic heterocycles. The molecule has 2 aromatic heterocycles. The number of halogens is 1. The van der Waals surface area contributed by atoms with Gasteiger partial charge in [0.1, 0.15) is 0 Å². The van der Waals surface area contributed by atoms with E-state index in [0.29, 0.717) is 11.3 Å². The van der Waals surface area contributed by atoms with Gasteiger partial charge in [0.05, 0.1) is 5.69 Å². The Morgan fingerprint density at radius 1 is 1.19 bits per heavy atom. The molecule has 5 heteroatoms. The molecule has 0 N–H and O–H groups in total. The van der Waals surface area contributed by atoms with Gasteiger partial charge in [-0.05, 0) is 68.8 Å². The number of aryl methyl sites for hydroxylation is 1. The van der Waals surface area contributed by atoms with E-state index in [1.807, 2.05) is 31.3 Å². The van der Waals surface area contributed by atoms with Crippen LogP contribution >= 0.6 is 15.9 Å². The van der Waals surface area contributed by atoms with Crippen LogP contribution in [0.3, 0.4) is 0 Å². The minimum Gasteiger partial charge on any atom is -0.451 e. The molecule has 26 heavy (non-hydrogen) atoms. The Labute approximate surface area is 161 Å². The average molecular weight is 413 g/mol. The minimum absolute atomic E-state index is 0.1000. The van der Waals surface area contributed by atoms with Gasteiger partial charge in [-0.15, -0.1) is 0 Å². The first-order valence-electron chi connectivity index (χ1n) is 9.02. The number of rotatable bonds is 4. The fourth-order valence-corrected chi connectivity index (χ4v) is 3.81. The van der Waals surface area contributed by atoms with Crippen molar-refractivity contribution in [3.8, 4) is 0 Å². The Morgan fingerprint density at radius 2 is 1.92 bits per heavy atom. The fourth-order valence-electron chi connectivity index (χ4n) is 3.54. The van der Waals surface area contributed by atoms with Gasteiger partial charge in [-0.3, -0.25) is 14.7 Å². The molecule has 4 rings (SSSR count). The van der Waals surface area contributed by atoms with Crippen molar-refractivity contribution in [1.29, 1.82) is 0 Å². The van der Waals surface area contributed by atoms with E-state index >= 15 is 0 Å². The molecule has 3 aromatic rings. The lowest BCUT2D eigenvalue weighted by Crippen LogP contribution is -2.29. The van der Waals surface area contributed by atoms with Crippen molar-refractivity contribution < 1.29 is 9.21 Å². The van der Waals surface area contributed by atoms with Gasteiger partial charge < -0.3 is 4.42 Å². The Balaban J connectivity index is 1.69. The zero-order valence-corrected chi connectivity index (χ0v) is 16.4. The van der Waals surface area contributed by atoms with Crippen LogP contribution < -0.4 is 0 Å². The number of ketones is 1. The Morgan fingerprint density at radius 3 is 2.65 bits per heavy atom. The average Bonchev–Trinajstić information content (AvgIpc) is 3.12. The van der Waals surface area contributed by atoms with Gasteiger partial charge in [-0.25, -0.2) is 0 Å². The molecule has 0 aliphatic carbocycles. The SMILES string of the molecule is Cc1ncc(CN2CCCCC2)c2cc(C(=O)c3ccc(Br)cc3)oc12. The van der Waals surface area contributed by atoms with Gasteiger partial charge in [0.15, 0.2) is 11.3 Å². The standard InChI is InChI=1S/C21H21BrN2O2/c1-14-21-18(16(12-23-14)13-24-9-3-2-4-10-24)11-19(26-21)20(25)15-5-7-17(22)8-6-15/h5-8,11-12H,2-4,9-10,13H2,1H3. The topological polar surface area (TPSA) is 46.3 Å². The van der Waals surface area contributed by atoms with Crippen molar-refractivity contribution in [2.24, 2.45) is 0 Å². The highest BCUT2D eigenvalue weighted by Gasteiger charge is 2.19. The normalized spacial score (nSPS) is 15.5. The molecule has 1 fully saturated rings. The summed E-state index contributed by atoms with van der Waals surface area (Å²) in [5.41, 5.74) is 3.29. The largest absolute Gasteiger partial charge is 0.451 e. The van der Waals surface area contributed by atoms with Crippen molar-refractivity contribution in [3.05, 3.63) is 63.6 Å². The van der Waals surface area contributed by atoms with E-state index in [1.54, 1.807) is 12.1 Å². The fraction of sp³-hybridized carbons (Fsp3) is 0.333. The molecule has 3 heterocycles. The van der Waals surface area contributed by atoms with E-state index in [-0.39, 0.29) is 5.78 Å². The highest BCUT2D eigenvalue weighted by atomic mass is 79.9. The molecule has 0 bridgehead atoms. The van der Waals surface area contributed by atoms with Crippen LogP contribution in [0.5, 0.6) is 0 Å². The number of benzene rings is 1. The summed E-state index contributed by atoms with van der Waals surface area (Å²) in [5, 5.41) is 1.00. The summed E-state index contributed by atoms with van der Waals surface area (Å²) in [6, 6.07) is 9.22. The Hall–Kier alpha value is -1.98. The number of carbonyl (C=O) groups excluding carboxylic acids is 1. The van der Waals surface area contributed by atoms with Gasteiger partial charge in [0.25, 0.3) is 0 Å². The van der Waals surface area contributed by atoms with Crippen LogP contribution in [0.4, 0.5) is 0 Å². The number of nitrogens with zero attached hydrogens (tertiary/aromatic N) is 2. The molecule has 0 amide bonds. The quantitative estimate of drug-likeness (QED) is 0.558. The van der Waals surface area contributed by atoms with E-state index in [9.17, 15) is 4.79 Å². The molecule has 0 unspecified atom stereocenters. The molecule has 4 nitrogen and oxygen atoms in total. The van der Waals surface area contributed by atoms with Crippen LogP contribution in [0, 0.1) is 6.92 Å². The van der Waals surface area contributed by atoms with Crippen molar-refractivity contribution in [2.45, 2.75) is 32.7 Å². The van der Waals surface area contributed by atoms with Crippen LogP contribution in [0.25, 0.3) is 11.0 Å². The summed E-state index contributed by atoms with van der Waals surface area (Å²) >= 11 is 3.40. The smallest absolute Gasteiger partial charge is 0.228 e. The molecule has 0 saturated carbocycles. The van der Waals surface area contributed by atoms with E-state index in [4.69, 9.17) is 4.42 Å². The van der Waals surface area contributed by atoms with Gasteiger partial charge in [0, 0.05) is 28.2 Å². The molecule has 1 aromatic carbocycles. The summed E-state index contributed by atoms with van der Waals surface area (Å²) in [4.78, 5) is 19.7. The highest BCUT2D eigenvalue weighted by Crippen LogP contribution is 2.28. The van der Waals surface area contributed by atoms with E-state index in [2.05, 4.69) is 25.8 Å². The highest BCUT2D eigenvalue weighted by molar-refractivity contribution is 9.10. The number of hydrogen-bond donors (Lipinski definition) is 0. The third-order valence-electron chi connectivity index (χ3n) is 4.99. The summed E-state index contributed by atoms with van der Waals surface area (Å²) in [5.74, 6) is 0.273. The van der Waals surface area contributed by atoms with E-state index in [0.717, 1.165) is 46.3 Å². The van der Waals surface area contributed by atoms with Crippen molar-refractivity contribution in [2.75, 3.05) is 13.1 Å². The van der Waals surface area contributed by atoms with Crippen molar-refractivity contribution >= 4 is 32.7 Å². The third-order valence-corrected chi connectivity index (χ3v) is 5.52. The first kappa shape index (κ1) is 17.4. The maximum Gasteiger partial charge on any atom is 0.228 e. The molecule has 1 aliphatic rings. The lowest BCUT2D eigenvalue weighted by atomic mass is 10.1. The molecular weight excluding hydrogens is 392 g/mol. The first-order chi connectivity index (χ1) is 12.6. The number of carbonyl (C=O) groups is 1. The summed E-state index contributed by atoms with van der Waals surface area (Å²) in [7, 11) is 0. The molecule has 0 spiro atoms. The predicted octanol–water partition coefficient (Wildman–Crippen LogP) is 5.12. The second-order valence-electron chi connectivity index (χ2n) is 6.90. The first-order valence-corrected chi connectivity index (χ1v) is 9.82. The number of pyridine rings is 1. The maximum atomic E-state index is 12.8. The number of fused-ring (bicyclic) bond motifs is 1. The summed E-state index contributed by atoms with van der Waals surface area (Å²) < 4.78 is 6.88. The number of piperidine rings is 1. The van der Waals surface area contributed by atoms with Gasteiger partial charge in [0.2, 0.25) is 5.78 Å². The lowest BCUT2D eigenvalue weighted by molar-refractivity contribution is 0.101. The van der Waals surface area contributed by atoms with Gasteiger partial charge in [-0.1, -0.05) is 22.4 Å². The van der Waals surface area contributed by atoms with Gasteiger partial charge in [-0.2, -0.15) is 0 Å². The second-order valence-corrected chi connectivity index (χ2v) is 7.81. The Bertz CT molecular complexity index is 941. The number of hydrogen-bond acceptors (Lipinski definition) is 4. The molecule has 0 radical (unpaired) electrons. The monoisotopic (exact) mass is 412 g/mol. The van der Waals surface area contributed by atoms with Crippen molar-refractivity contribution in [3.63, 3.8) is 0 Å². The minimum atomic E-state index is -0.1000. The molecular formula is C21H21BrN2O2. The van der Waals surface area contributed by atoms with Crippen LogP contribution in [0.15, 0.2) is 45.4 Å². The molecule has 134 valence electrons.